The molecule has 2 amide bonds. The molecule has 1 aliphatic heterocycles. The number of hydrogen-bond acceptors (Lipinski definition) is 5. The van der Waals surface area contributed by atoms with Crippen molar-refractivity contribution in [1.29, 1.82) is 0 Å². The molecule has 1 N–H and O–H groups in total. The fraction of sp³-hybridized carbons (Fsp3) is 0.238. The van der Waals surface area contributed by atoms with Crippen LogP contribution in [0, 0.1) is 23.7 Å². The zero-order chi connectivity index (χ0) is 20.3. The van der Waals surface area contributed by atoms with Gasteiger partial charge in [0.15, 0.2) is 0 Å². The Morgan fingerprint density at radius 2 is 1.83 bits per heavy atom. The molecular weight excluding hydrogens is 396 g/mol. The minimum absolute atomic E-state index is 0.0289. The van der Waals surface area contributed by atoms with Crippen molar-refractivity contribution < 1.29 is 23.9 Å². The minimum atomic E-state index is -1.13. The Hall–Kier alpha value is -3.19. The number of hydrogen-bond donors (Lipinski definition) is 1. The number of halogens is 1. The molecule has 1 saturated carbocycles. The Bertz CT molecular complexity index is 1090. The summed E-state index contributed by atoms with van der Waals surface area (Å²) < 4.78 is 5.68. The number of carboxylic acids is 1. The number of fused-ring (bicyclic) bond motifs is 5. The lowest BCUT2D eigenvalue weighted by Crippen LogP contribution is -2.28. The molecule has 3 aliphatic rings. The van der Waals surface area contributed by atoms with Crippen LogP contribution in [-0.4, -0.2) is 34.1 Å². The van der Waals surface area contributed by atoms with Crippen molar-refractivity contribution >= 4 is 35.6 Å². The predicted octanol–water partition coefficient (Wildman–Crippen LogP) is 3.44. The summed E-state index contributed by atoms with van der Waals surface area (Å²) in [5.74, 6) is -1.24. The monoisotopic (exact) mass is 410 g/mol. The summed E-state index contributed by atoms with van der Waals surface area (Å²) in [5, 5.41) is 14.4. The SMILES string of the molecule is O=C(O)c1cc(-c2ccc(/C=N\N3C(=O)[C@@H]4[C@H](C3=O)[C@H]3C=C[C@H]4C3)o2)ccc1Cl. The number of carboxylic acid groups (broad SMARTS) is 1. The largest absolute Gasteiger partial charge is 0.478 e. The van der Waals surface area contributed by atoms with E-state index < -0.39 is 5.97 Å². The Kier molecular flexibility index (Phi) is 3.96. The Balaban J connectivity index is 1.37. The Labute approximate surface area is 170 Å². The number of imide groups is 1. The number of furan rings is 1. The molecular formula is C21H15ClN2O5. The summed E-state index contributed by atoms with van der Waals surface area (Å²) in [6.45, 7) is 0. The smallest absolute Gasteiger partial charge is 0.337 e. The first-order valence-electron chi connectivity index (χ1n) is 9.17. The summed E-state index contributed by atoms with van der Waals surface area (Å²) in [6, 6.07) is 7.83. The molecule has 5 rings (SSSR count). The van der Waals surface area contributed by atoms with Crippen molar-refractivity contribution in [2.75, 3.05) is 0 Å². The van der Waals surface area contributed by atoms with Crippen molar-refractivity contribution in [3.05, 3.63) is 58.8 Å². The van der Waals surface area contributed by atoms with Gasteiger partial charge in [0.2, 0.25) is 0 Å². The van der Waals surface area contributed by atoms with Gasteiger partial charge in [-0.15, -0.1) is 0 Å². The molecule has 0 spiro atoms. The molecule has 2 bridgehead atoms. The second kappa shape index (κ2) is 6.42. The maximum Gasteiger partial charge on any atom is 0.337 e. The first-order chi connectivity index (χ1) is 13.9. The topological polar surface area (TPSA) is 100 Å². The van der Waals surface area contributed by atoms with Crippen LogP contribution >= 0.6 is 11.6 Å². The lowest BCUT2D eigenvalue weighted by atomic mass is 9.85. The van der Waals surface area contributed by atoms with Gasteiger partial charge in [-0.3, -0.25) is 9.59 Å². The molecule has 4 atom stereocenters. The van der Waals surface area contributed by atoms with Crippen LogP contribution < -0.4 is 0 Å². The number of hydrazone groups is 1. The van der Waals surface area contributed by atoms with Crippen LogP contribution in [0.5, 0.6) is 0 Å². The van der Waals surface area contributed by atoms with Crippen LogP contribution in [0.2, 0.25) is 5.02 Å². The average Bonchev–Trinajstić information content (AvgIpc) is 3.46. The summed E-state index contributed by atoms with van der Waals surface area (Å²) in [7, 11) is 0. The standard InChI is InChI=1S/C21H15ClN2O5/c22-15-5-3-10(8-14(15)21(27)28)16-6-4-13(29-16)9-23-24-19(25)17-11-1-2-12(7-11)18(17)20(24)26/h1-6,8-9,11-12,17-18H,7H2,(H,27,28)/b23-9-/t11-,12-,17-,18+/m0/s1. The molecule has 8 heteroatoms. The van der Waals surface area contributed by atoms with Gasteiger partial charge in [-0.05, 0) is 48.6 Å². The molecule has 2 heterocycles. The first-order valence-corrected chi connectivity index (χ1v) is 9.55. The molecule has 1 aromatic heterocycles. The predicted molar refractivity (Wildman–Crippen MR) is 103 cm³/mol. The number of aromatic carboxylic acids is 1. The van der Waals surface area contributed by atoms with Crippen molar-refractivity contribution in [3.63, 3.8) is 0 Å². The van der Waals surface area contributed by atoms with Crippen molar-refractivity contribution in [2.45, 2.75) is 6.42 Å². The normalized spacial score (nSPS) is 27.4. The Morgan fingerprint density at radius 3 is 2.48 bits per heavy atom. The van der Waals surface area contributed by atoms with Crippen LogP contribution in [0.4, 0.5) is 0 Å². The zero-order valence-electron chi connectivity index (χ0n) is 15.0. The van der Waals surface area contributed by atoms with Crippen LogP contribution in [0.25, 0.3) is 11.3 Å². The van der Waals surface area contributed by atoms with Gasteiger partial charge in [-0.25, -0.2) is 4.79 Å². The van der Waals surface area contributed by atoms with E-state index in [9.17, 15) is 19.5 Å². The van der Waals surface area contributed by atoms with Gasteiger partial charge in [-0.2, -0.15) is 10.1 Å². The molecule has 146 valence electrons. The van der Waals surface area contributed by atoms with Crippen molar-refractivity contribution in [3.8, 4) is 11.3 Å². The van der Waals surface area contributed by atoms with E-state index in [-0.39, 0.29) is 46.1 Å². The van der Waals surface area contributed by atoms with E-state index in [4.69, 9.17) is 16.0 Å². The Morgan fingerprint density at radius 1 is 1.14 bits per heavy atom. The molecule has 1 saturated heterocycles. The van der Waals surface area contributed by atoms with E-state index in [2.05, 4.69) is 5.10 Å². The second-order valence-corrected chi connectivity index (χ2v) is 7.84. The summed E-state index contributed by atoms with van der Waals surface area (Å²) in [6.07, 6.45) is 6.25. The average molecular weight is 411 g/mol. The number of carbonyl (C=O) groups is 3. The molecule has 2 aromatic rings. The van der Waals surface area contributed by atoms with Gasteiger partial charge in [0, 0.05) is 5.56 Å². The van der Waals surface area contributed by atoms with Gasteiger partial charge in [-0.1, -0.05) is 23.8 Å². The van der Waals surface area contributed by atoms with Gasteiger partial charge in [0.1, 0.15) is 11.5 Å². The number of rotatable bonds is 4. The number of carbonyl (C=O) groups excluding carboxylic acids is 2. The number of allylic oxidation sites excluding steroid dienone is 2. The number of nitrogens with zero attached hydrogens (tertiary/aromatic N) is 2. The third kappa shape index (κ3) is 2.73. The summed E-state index contributed by atoms with van der Waals surface area (Å²) in [5.41, 5.74) is 0.510. The van der Waals surface area contributed by atoms with Gasteiger partial charge in [0.05, 0.1) is 28.6 Å². The van der Waals surface area contributed by atoms with Crippen LogP contribution in [0.3, 0.4) is 0 Å². The van der Waals surface area contributed by atoms with E-state index >= 15 is 0 Å². The minimum Gasteiger partial charge on any atom is -0.478 e. The lowest BCUT2D eigenvalue weighted by molar-refractivity contribution is -0.140. The quantitative estimate of drug-likeness (QED) is 0.472. The first kappa shape index (κ1) is 17.9. The molecule has 0 radical (unpaired) electrons. The molecule has 2 fully saturated rings. The van der Waals surface area contributed by atoms with Crippen molar-refractivity contribution in [2.24, 2.45) is 28.8 Å². The highest BCUT2D eigenvalue weighted by Crippen LogP contribution is 2.52. The van der Waals surface area contributed by atoms with Crippen molar-refractivity contribution in [1.82, 2.24) is 5.01 Å². The molecule has 7 nitrogen and oxygen atoms in total. The van der Waals surface area contributed by atoms with Crippen LogP contribution in [0.15, 0.2) is 52.0 Å². The van der Waals surface area contributed by atoms with Crippen LogP contribution in [0.1, 0.15) is 22.5 Å². The van der Waals surface area contributed by atoms with Gasteiger partial charge < -0.3 is 9.52 Å². The number of benzene rings is 1. The molecule has 1 aromatic carbocycles. The van der Waals surface area contributed by atoms with E-state index in [0.29, 0.717) is 17.1 Å². The fourth-order valence-corrected chi connectivity index (χ4v) is 4.73. The third-order valence-corrected chi connectivity index (χ3v) is 6.19. The highest BCUT2D eigenvalue weighted by molar-refractivity contribution is 6.33. The zero-order valence-corrected chi connectivity index (χ0v) is 15.7. The van der Waals surface area contributed by atoms with E-state index in [1.807, 2.05) is 12.2 Å². The van der Waals surface area contributed by atoms with E-state index in [1.54, 1.807) is 18.2 Å². The summed E-state index contributed by atoms with van der Waals surface area (Å²) >= 11 is 5.89. The maximum absolute atomic E-state index is 12.6. The second-order valence-electron chi connectivity index (χ2n) is 7.43. The highest BCUT2D eigenvalue weighted by atomic mass is 35.5. The van der Waals surface area contributed by atoms with E-state index in [0.717, 1.165) is 11.4 Å². The molecule has 2 aliphatic carbocycles. The molecule has 29 heavy (non-hydrogen) atoms. The maximum atomic E-state index is 12.6. The third-order valence-electron chi connectivity index (χ3n) is 5.86. The summed E-state index contributed by atoms with van der Waals surface area (Å²) in [4.78, 5) is 36.5. The van der Waals surface area contributed by atoms with Gasteiger partial charge >= 0.3 is 5.97 Å². The van der Waals surface area contributed by atoms with E-state index in [1.165, 1.54) is 18.3 Å². The van der Waals surface area contributed by atoms with Gasteiger partial charge in [0.25, 0.3) is 11.8 Å². The number of amides is 2. The highest BCUT2D eigenvalue weighted by Gasteiger charge is 2.59. The lowest BCUT2D eigenvalue weighted by Gasteiger charge is -2.13. The van der Waals surface area contributed by atoms with Crippen LogP contribution in [-0.2, 0) is 9.59 Å². The molecule has 0 unspecified atom stereocenters. The fourth-order valence-electron chi connectivity index (χ4n) is 4.53.